The Morgan fingerprint density at radius 3 is 2.60 bits per heavy atom. The third-order valence-corrected chi connectivity index (χ3v) is 2.46. The lowest BCUT2D eigenvalue weighted by molar-refractivity contribution is 0.310. The van der Waals surface area contributed by atoms with Gasteiger partial charge in [0.2, 0.25) is 0 Å². The van der Waals surface area contributed by atoms with Gasteiger partial charge in [-0.05, 0) is 44.9 Å². The zero-order valence-corrected chi connectivity index (χ0v) is 10.8. The second kappa shape index (κ2) is 10.2. The Hall–Kier alpha value is -0.340. The average Bonchev–Trinajstić information content (AvgIpc) is 2.21. The molecule has 0 aliphatic heterocycles. The molecule has 0 bridgehead atoms. The van der Waals surface area contributed by atoms with Crippen molar-refractivity contribution in [2.45, 2.75) is 33.6 Å². The number of nitrogens with zero attached hydrogens (tertiary/aromatic N) is 1. The zero-order valence-electron chi connectivity index (χ0n) is 10.8. The molecule has 0 aromatic rings. The number of hydrogen-bond acceptors (Lipinski definition) is 2. The summed E-state index contributed by atoms with van der Waals surface area (Å²) in [5.74, 6) is 0.762. The summed E-state index contributed by atoms with van der Waals surface area (Å²) in [7, 11) is 0. The number of nitrogens with one attached hydrogen (secondary N) is 1. The van der Waals surface area contributed by atoms with Gasteiger partial charge < -0.3 is 5.32 Å². The Kier molecular flexibility index (Phi) is 9.96. The number of unbranched alkanes of at least 4 members (excludes halogenated alkanes) is 1. The molecule has 0 heterocycles. The molecule has 0 spiro atoms. The van der Waals surface area contributed by atoms with E-state index in [1.54, 1.807) is 0 Å². The fraction of sp³-hybridized carbons (Fsp3) is 0.846. The van der Waals surface area contributed by atoms with Gasteiger partial charge in [0.1, 0.15) is 0 Å². The summed E-state index contributed by atoms with van der Waals surface area (Å²) in [5.41, 5.74) is 0. The van der Waals surface area contributed by atoms with Crippen LogP contribution in [0.5, 0.6) is 0 Å². The Labute approximate surface area is 95.7 Å². The highest BCUT2D eigenvalue weighted by atomic mass is 15.1. The first-order chi connectivity index (χ1) is 7.20. The van der Waals surface area contributed by atoms with Crippen molar-refractivity contribution in [2.24, 2.45) is 5.92 Å². The van der Waals surface area contributed by atoms with Crippen LogP contribution in [0.1, 0.15) is 33.6 Å². The minimum absolute atomic E-state index is 0.762. The van der Waals surface area contributed by atoms with Crippen LogP contribution in [0.2, 0.25) is 0 Å². The van der Waals surface area contributed by atoms with Crippen LogP contribution in [0.4, 0.5) is 0 Å². The first-order valence-electron chi connectivity index (χ1n) is 6.24. The average molecular weight is 212 g/mol. The van der Waals surface area contributed by atoms with Crippen LogP contribution in [0.25, 0.3) is 0 Å². The lowest BCUT2D eigenvalue weighted by atomic mass is 10.2. The van der Waals surface area contributed by atoms with Crippen molar-refractivity contribution in [1.82, 2.24) is 10.2 Å². The van der Waals surface area contributed by atoms with Crippen LogP contribution in [0, 0.1) is 5.92 Å². The summed E-state index contributed by atoms with van der Waals surface area (Å²) in [6.07, 6.45) is 4.55. The van der Waals surface area contributed by atoms with E-state index in [2.05, 4.69) is 37.6 Å². The predicted octanol–water partition coefficient (Wildman–Crippen LogP) is 2.52. The Bertz CT molecular complexity index is 143. The fourth-order valence-electron chi connectivity index (χ4n) is 1.54. The Morgan fingerprint density at radius 2 is 2.07 bits per heavy atom. The molecule has 2 heteroatoms. The molecule has 0 atom stereocenters. The fourth-order valence-corrected chi connectivity index (χ4v) is 1.54. The number of hydrogen-bond donors (Lipinski definition) is 1. The summed E-state index contributed by atoms with van der Waals surface area (Å²) >= 11 is 0. The van der Waals surface area contributed by atoms with Gasteiger partial charge in [-0.2, -0.15) is 0 Å². The van der Waals surface area contributed by atoms with Crippen molar-refractivity contribution in [1.29, 1.82) is 0 Å². The highest BCUT2D eigenvalue weighted by Crippen LogP contribution is 1.95. The molecule has 0 saturated heterocycles. The predicted molar refractivity (Wildman–Crippen MR) is 69.3 cm³/mol. The van der Waals surface area contributed by atoms with E-state index in [1.807, 2.05) is 6.08 Å². The van der Waals surface area contributed by atoms with E-state index in [0.29, 0.717) is 0 Å². The van der Waals surface area contributed by atoms with E-state index >= 15 is 0 Å². The van der Waals surface area contributed by atoms with Crippen LogP contribution in [-0.2, 0) is 0 Å². The quantitative estimate of drug-likeness (QED) is 0.442. The molecule has 2 nitrogen and oxygen atoms in total. The van der Waals surface area contributed by atoms with Crippen molar-refractivity contribution < 1.29 is 0 Å². The molecular formula is C13H28N2. The van der Waals surface area contributed by atoms with E-state index in [-0.39, 0.29) is 0 Å². The Balaban J connectivity index is 3.24. The molecule has 0 aromatic carbocycles. The highest BCUT2D eigenvalue weighted by Gasteiger charge is 1.98. The van der Waals surface area contributed by atoms with Gasteiger partial charge in [-0.15, -0.1) is 6.58 Å². The first kappa shape index (κ1) is 14.7. The molecule has 0 fully saturated rings. The molecule has 0 aliphatic carbocycles. The zero-order chi connectivity index (χ0) is 11.5. The van der Waals surface area contributed by atoms with Gasteiger partial charge in [0, 0.05) is 6.54 Å². The van der Waals surface area contributed by atoms with Crippen molar-refractivity contribution in [3.63, 3.8) is 0 Å². The largest absolute Gasteiger partial charge is 0.316 e. The van der Waals surface area contributed by atoms with Crippen molar-refractivity contribution in [3.05, 3.63) is 12.7 Å². The van der Waals surface area contributed by atoms with E-state index in [1.165, 1.54) is 19.4 Å². The first-order valence-corrected chi connectivity index (χ1v) is 6.24. The Morgan fingerprint density at radius 1 is 1.33 bits per heavy atom. The summed E-state index contributed by atoms with van der Waals surface area (Å²) < 4.78 is 0. The van der Waals surface area contributed by atoms with Crippen molar-refractivity contribution in [3.8, 4) is 0 Å². The minimum Gasteiger partial charge on any atom is -0.316 e. The SMILES string of the molecule is C=CCN(CC)CCCCNCC(C)C. The number of likely N-dealkylation sites (N-methyl/N-ethyl adjacent to an activating group) is 1. The van der Waals surface area contributed by atoms with Gasteiger partial charge in [-0.3, -0.25) is 4.90 Å². The van der Waals surface area contributed by atoms with E-state index < -0.39 is 0 Å². The van der Waals surface area contributed by atoms with Crippen LogP contribution in [0.3, 0.4) is 0 Å². The summed E-state index contributed by atoms with van der Waals surface area (Å²) in [6.45, 7) is 16.1. The molecule has 15 heavy (non-hydrogen) atoms. The van der Waals surface area contributed by atoms with Gasteiger partial charge >= 0.3 is 0 Å². The summed E-state index contributed by atoms with van der Waals surface area (Å²) in [5, 5.41) is 3.47. The maximum absolute atomic E-state index is 3.77. The van der Waals surface area contributed by atoms with Crippen LogP contribution >= 0.6 is 0 Å². The van der Waals surface area contributed by atoms with Crippen molar-refractivity contribution in [2.75, 3.05) is 32.7 Å². The van der Waals surface area contributed by atoms with Gasteiger partial charge in [0.05, 0.1) is 0 Å². The third kappa shape index (κ3) is 9.95. The van der Waals surface area contributed by atoms with E-state index in [9.17, 15) is 0 Å². The lowest BCUT2D eigenvalue weighted by Crippen LogP contribution is -2.26. The van der Waals surface area contributed by atoms with Crippen LogP contribution in [0.15, 0.2) is 12.7 Å². The maximum Gasteiger partial charge on any atom is 0.0160 e. The van der Waals surface area contributed by atoms with Crippen molar-refractivity contribution >= 4 is 0 Å². The van der Waals surface area contributed by atoms with Gasteiger partial charge in [-0.1, -0.05) is 26.8 Å². The molecule has 0 amide bonds. The molecule has 0 unspecified atom stereocenters. The summed E-state index contributed by atoms with van der Waals surface area (Å²) in [4.78, 5) is 2.43. The van der Waals surface area contributed by atoms with Gasteiger partial charge in [0.25, 0.3) is 0 Å². The molecule has 0 aromatic heterocycles. The molecule has 0 saturated carbocycles. The van der Waals surface area contributed by atoms with Crippen LogP contribution in [-0.4, -0.2) is 37.6 Å². The smallest absolute Gasteiger partial charge is 0.0160 e. The molecule has 0 rings (SSSR count). The number of rotatable bonds is 10. The molecular weight excluding hydrogens is 184 g/mol. The molecule has 1 N–H and O–H groups in total. The maximum atomic E-state index is 3.77. The summed E-state index contributed by atoms with van der Waals surface area (Å²) in [6, 6.07) is 0. The second-order valence-corrected chi connectivity index (χ2v) is 4.49. The normalized spacial score (nSPS) is 11.3. The van der Waals surface area contributed by atoms with Gasteiger partial charge in [0.15, 0.2) is 0 Å². The topological polar surface area (TPSA) is 15.3 Å². The monoisotopic (exact) mass is 212 g/mol. The highest BCUT2D eigenvalue weighted by molar-refractivity contribution is 4.72. The third-order valence-electron chi connectivity index (χ3n) is 2.46. The molecule has 90 valence electrons. The van der Waals surface area contributed by atoms with E-state index in [4.69, 9.17) is 0 Å². The van der Waals surface area contributed by atoms with E-state index in [0.717, 1.165) is 32.1 Å². The second-order valence-electron chi connectivity index (χ2n) is 4.49. The molecule has 0 radical (unpaired) electrons. The lowest BCUT2D eigenvalue weighted by Gasteiger charge is -2.18. The minimum atomic E-state index is 0.762. The molecule has 0 aliphatic rings. The van der Waals surface area contributed by atoms with Gasteiger partial charge in [-0.25, -0.2) is 0 Å². The van der Waals surface area contributed by atoms with Crippen LogP contribution < -0.4 is 5.32 Å². The standard InChI is InChI=1S/C13H28N2/c1-5-10-15(6-2)11-8-7-9-14-12-13(3)4/h5,13-14H,1,6-12H2,2-4H3.